The van der Waals surface area contributed by atoms with Gasteiger partial charge in [-0.05, 0) is 42.3 Å². The molecule has 0 saturated carbocycles. The first kappa shape index (κ1) is 15.0. The zero-order chi connectivity index (χ0) is 15.2. The third kappa shape index (κ3) is 4.57. The minimum absolute atomic E-state index is 0.348. The Morgan fingerprint density at radius 2 is 1.76 bits per heavy atom. The number of benzene rings is 2. The minimum Gasteiger partial charge on any atom is -0.389 e. The molecule has 3 N–H and O–H groups in total. The first-order chi connectivity index (χ1) is 10.0. The molecular formula is C16H17FN2O2. The third-order valence-corrected chi connectivity index (χ3v) is 3.02. The molecule has 0 aliphatic heterocycles. The highest BCUT2D eigenvalue weighted by molar-refractivity contribution is 5.89. The standard InChI is InChI=1S/C16H17FN2O2/c1-11(20)13-4-2-12(3-5-13)10-18-16(21)19-15-8-6-14(17)7-9-15/h2-9,11,20H,10H2,1H3,(H2,18,19,21)/t11-/m1/s1. The van der Waals surface area contributed by atoms with E-state index in [0.29, 0.717) is 12.2 Å². The van der Waals surface area contributed by atoms with Crippen molar-refractivity contribution < 1.29 is 14.3 Å². The van der Waals surface area contributed by atoms with Crippen molar-refractivity contribution in [1.29, 1.82) is 0 Å². The van der Waals surface area contributed by atoms with Crippen LogP contribution in [0.25, 0.3) is 0 Å². The SMILES string of the molecule is C[C@@H](O)c1ccc(CNC(=O)Nc2ccc(F)cc2)cc1. The van der Waals surface area contributed by atoms with Crippen molar-refractivity contribution in [1.82, 2.24) is 5.32 Å². The van der Waals surface area contributed by atoms with Crippen LogP contribution >= 0.6 is 0 Å². The summed E-state index contributed by atoms with van der Waals surface area (Å²) in [6.07, 6.45) is -0.506. The lowest BCUT2D eigenvalue weighted by Gasteiger charge is -2.09. The molecule has 0 saturated heterocycles. The molecule has 21 heavy (non-hydrogen) atoms. The van der Waals surface area contributed by atoms with Crippen LogP contribution in [0.4, 0.5) is 14.9 Å². The van der Waals surface area contributed by atoms with Gasteiger partial charge in [0, 0.05) is 12.2 Å². The molecule has 2 amide bonds. The highest BCUT2D eigenvalue weighted by Crippen LogP contribution is 2.12. The summed E-state index contributed by atoms with van der Waals surface area (Å²) < 4.78 is 12.7. The van der Waals surface area contributed by atoms with E-state index in [9.17, 15) is 14.3 Å². The van der Waals surface area contributed by atoms with E-state index >= 15 is 0 Å². The monoisotopic (exact) mass is 288 g/mol. The molecule has 0 fully saturated rings. The predicted octanol–water partition coefficient (Wildman–Crippen LogP) is 3.20. The Labute approximate surface area is 122 Å². The van der Waals surface area contributed by atoms with Gasteiger partial charge >= 0.3 is 6.03 Å². The van der Waals surface area contributed by atoms with Gasteiger partial charge in [0.2, 0.25) is 0 Å². The Balaban J connectivity index is 1.84. The number of urea groups is 1. The molecule has 5 heteroatoms. The molecule has 0 aliphatic carbocycles. The summed E-state index contributed by atoms with van der Waals surface area (Å²) in [5, 5.41) is 14.7. The van der Waals surface area contributed by atoms with Crippen LogP contribution in [-0.4, -0.2) is 11.1 Å². The molecule has 2 aromatic carbocycles. The Morgan fingerprint density at radius 3 is 2.33 bits per heavy atom. The van der Waals surface area contributed by atoms with E-state index in [1.54, 1.807) is 6.92 Å². The molecule has 0 aromatic heterocycles. The molecule has 0 spiro atoms. The fraction of sp³-hybridized carbons (Fsp3) is 0.188. The van der Waals surface area contributed by atoms with Gasteiger partial charge in [-0.1, -0.05) is 24.3 Å². The van der Waals surface area contributed by atoms with Crippen LogP contribution in [0.5, 0.6) is 0 Å². The average molecular weight is 288 g/mol. The van der Waals surface area contributed by atoms with Crippen molar-refractivity contribution in [2.45, 2.75) is 19.6 Å². The van der Waals surface area contributed by atoms with Crippen molar-refractivity contribution in [3.05, 3.63) is 65.5 Å². The number of aliphatic hydroxyl groups excluding tert-OH is 1. The van der Waals surface area contributed by atoms with Crippen molar-refractivity contribution in [2.75, 3.05) is 5.32 Å². The molecule has 0 radical (unpaired) electrons. The van der Waals surface area contributed by atoms with E-state index in [2.05, 4.69) is 10.6 Å². The Morgan fingerprint density at radius 1 is 1.14 bits per heavy atom. The number of carbonyl (C=O) groups excluding carboxylic acids is 1. The van der Waals surface area contributed by atoms with Crippen LogP contribution < -0.4 is 10.6 Å². The molecule has 1 atom stereocenters. The summed E-state index contributed by atoms with van der Waals surface area (Å²) >= 11 is 0. The van der Waals surface area contributed by atoms with E-state index in [0.717, 1.165) is 11.1 Å². The van der Waals surface area contributed by atoms with Crippen LogP contribution in [0.1, 0.15) is 24.2 Å². The number of amides is 2. The van der Waals surface area contributed by atoms with Crippen LogP contribution in [0, 0.1) is 5.82 Å². The van der Waals surface area contributed by atoms with E-state index < -0.39 is 6.10 Å². The van der Waals surface area contributed by atoms with Crippen LogP contribution in [0.15, 0.2) is 48.5 Å². The van der Waals surface area contributed by atoms with Crippen LogP contribution in [-0.2, 0) is 6.54 Å². The van der Waals surface area contributed by atoms with Gasteiger partial charge in [0.1, 0.15) is 5.82 Å². The minimum atomic E-state index is -0.506. The van der Waals surface area contributed by atoms with Gasteiger partial charge in [0.05, 0.1) is 6.10 Å². The molecule has 110 valence electrons. The number of aliphatic hydroxyl groups is 1. The molecule has 0 bridgehead atoms. The molecule has 4 nitrogen and oxygen atoms in total. The number of hydrogen-bond acceptors (Lipinski definition) is 2. The summed E-state index contributed by atoms with van der Waals surface area (Å²) in [4.78, 5) is 11.7. The maximum atomic E-state index is 12.7. The zero-order valence-electron chi connectivity index (χ0n) is 11.6. The third-order valence-electron chi connectivity index (χ3n) is 3.02. The lowest BCUT2D eigenvalue weighted by molar-refractivity contribution is 0.199. The maximum Gasteiger partial charge on any atom is 0.319 e. The molecule has 0 unspecified atom stereocenters. The fourth-order valence-electron chi connectivity index (χ4n) is 1.80. The normalized spacial score (nSPS) is 11.8. The van der Waals surface area contributed by atoms with Crippen molar-refractivity contribution >= 4 is 11.7 Å². The molecule has 0 aliphatic rings. The van der Waals surface area contributed by atoms with Crippen molar-refractivity contribution in [3.8, 4) is 0 Å². The van der Waals surface area contributed by atoms with Gasteiger partial charge in [-0.3, -0.25) is 0 Å². The first-order valence-corrected chi connectivity index (χ1v) is 6.62. The number of rotatable bonds is 4. The largest absolute Gasteiger partial charge is 0.389 e. The van der Waals surface area contributed by atoms with Gasteiger partial charge in [-0.15, -0.1) is 0 Å². The zero-order valence-corrected chi connectivity index (χ0v) is 11.6. The van der Waals surface area contributed by atoms with Crippen molar-refractivity contribution in [2.24, 2.45) is 0 Å². The van der Waals surface area contributed by atoms with E-state index in [-0.39, 0.29) is 11.8 Å². The van der Waals surface area contributed by atoms with E-state index in [1.807, 2.05) is 24.3 Å². The quantitative estimate of drug-likeness (QED) is 0.809. The lowest BCUT2D eigenvalue weighted by Crippen LogP contribution is -2.28. The number of hydrogen-bond donors (Lipinski definition) is 3. The Hall–Kier alpha value is -2.40. The molecule has 2 rings (SSSR count). The Bertz CT molecular complexity index is 595. The second-order valence-corrected chi connectivity index (χ2v) is 4.73. The second kappa shape index (κ2) is 6.85. The Kier molecular flexibility index (Phi) is 4.90. The summed E-state index contributed by atoms with van der Waals surface area (Å²) in [6.45, 7) is 2.07. The topological polar surface area (TPSA) is 61.4 Å². The summed E-state index contributed by atoms with van der Waals surface area (Å²) in [6, 6.07) is 12.5. The highest BCUT2D eigenvalue weighted by Gasteiger charge is 2.03. The first-order valence-electron chi connectivity index (χ1n) is 6.62. The second-order valence-electron chi connectivity index (χ2n) is 4.73. The predicted molar refractivity (Wildman–Crippen MR) is 79.3 cm³/mol. The smallest absolute Gasteiger partial charge is 0.319 e. The van der Waals surface area contributed by atoms with Crippen molar-refractivity contribution in [3.63, 3.8) is 0 Å². The molecular weight excluding hydrogens is 271 g/mol. The number of anilines is 1. The lowest BCUT2D eigenvalue weighted by atomic mass is 10.1. The highest BCUT2D eigenvalue weighted by atomic mass is 19.1. The van der Waals surface area contributed by atoms with E-state index in [1.165, 1.54) is 24.3 Å². The summed E-state index contributed by atoms with van der Waals surface area (Å²) in [7, 11) is 0. The van der Waals surface area contributed by atoms with Gasteiger partial charge in [-0.2, -0.15) is 0 Å². The van der Waals surface area contributed by atoms with Crippen LogP contribution in [0.2, 0.25) is 0 Å². The number of carbonyl (C=O) groups is 1. The van der Waals surface area contributed by atoms with Crippen LogP contribution in [0.3, 0.4) is 0 Å². The van der Waals surface area contributed by atoms with Gasteiger partial charge in [0.25, 0.3) is 0 Å². The van der Waals surface area contributed by atoms with Gasteiger partial charge in [0.15, 0.2) is 0 Å². The summed E-state index contributed by atoms with van der Waals surface area (Å²) in [5.41, 5.74) is 2.28. The summed E-state index contributed by atoms with van der Waals surface area (Å²) in [5.74, 6) is -0.348. The number of halogens is 1. The van der Waals surface area contributed by atoms with Gasteiger partial charge < -0.3 is 15.7 Å². The maximum absolute atomic E-state index is 12.7. The fourth-order valence-corrected chi connectivity index (χ4v) is 1.80. The van der Waals surface area contributed by atoms with Gasteiger partial charge in [-0.25, -0.2) is 9.18 Å². The average Bonchev–Trinajstić information content (AvgIpc) is 2.48. The van der Waals surface area contributed by atoms with E-state index in [4.69, 9.17) is 0 Å². The molecule has 0 heterocycles. The molecule has 2 aromatic rings. The number of nitrogens with one attached hydrogen (secondary N) is 2.